The van der Waals surface area contributed by atoms with Crippen LogP contribution in [0.15, 0.2) is 30.3 Å². The SMILES string of the molecule is CCCCCC1CN(CC(=O)N2CCC(CC(C)C)C2)C(=O)c2cc(-c3ccc(Cl)cc3)nn21. The Balaban J connectivity index is 1.51. The Kier molecular flexibility index (Phi) is 7.97. The maximum Gasteiger partial charge on any atom is 0.272 e. The Morgan fingerprint density at radius 2 is 1.94 bits per heavy atom. The Labute approximate surface area is 208 Å². The Hall–Kier alpha value is -2.34. The van der Waals surface area contributed by atoms with Crippen LogP contribution >= 0.6 is 11.6 Å². The molecule has 0 saturated carbocycles. The van der Waals surface area contributed by atoms with E-state index in [1.807, 2.05) is 39.9 Å². The standard InChI is InChI=1S/C27H37ClN4O2/c1-4-5-6-7-23-17-31(18-26(33)30-13-12-20(16-30)14-19(2)3)27(34)25-15-24(29-32(23)25)21-8-10-22(28)11-9-21/h8-11,15,19-20,23H,4-7,12-14,16-18H2,1-3H3. The lowest BCUT2D eigenvalue weighted by Gasteiger charge is -2.34. The number of aromatic nitrogens is 2. The van der Waals surface area contributed by atoms with E-state index in [0.717, 1.165) is 62.9 Å². The number of fused-ring (bicyclic) bond motifs is 1. The summed E-state index contributed by atoms with van der Waals surface area (Å²) in [6.07, 6.45) is 6.53. The van der Waals surface area contributed by atoms with Crippen molar-refractivity contribution < 1.29 is 9.59 Å². The van der Waals surface area contributed by atoms with E-state index >= 15 is 0 Å². The van der Waals surface area contributed by atoms with E-state index < -0.39 is 0 Å². The van der Waals surface area contributed by atoms with E-state index in [4.69, 9.17) is 16.7 Å². The Morgan fingerprint density at radius 1 is 1.18 bits per heavy atom. The van der Waals surface area contributed by atoms with Crippen LogP contribution < -0.4 is 0 Å². The molecule has 1 saturated heterocycles. The van der Waals surface area contributed by atoms with Crippen molar-refractivity contribution in [3.05, 3.63) is 41.0 Å². The Bertz CT molecular complexity index is 1000. The number of halogens is 1. The van der Waals surface area contributed by atoms with Gasteiger partial charge in [-0.2, -0.15) is 5.10 Å². The van der Waals surface area contributed by atoms with Gasteiger partial charge in [-0.3, -0.25) is 14.3 Å². The first-order valence-electron chi connectivity index (χ1n) is 12.8. The molecule has 1 aromatic carbocycles. The van der Waals surface area contributed by atoms with Crippen LogP contribution in [0.1, 0.15) is 75.8 Å². The number of hydrogen-bond donors (Lipinski definition) is 0. The van der Waals surface area contributed by atoms with Crippen LogP contribution in [-0.4, -0.2) is 57.6 Å². The van der Waals surface area contributed by atoms with Crippen molar-refractivity contribution in [2.45, 2.75) is 65.3 Å². The largest absolute Gasteiger partial charge is 0.341 e. The second-order valence-corrected chi connectivity index (χ2v) is 10.8. The molecule has 2 aromatic rings. The summed E-state index contributed by atoms with van der Waals surface area (Å²) in [6, 6.07) is 9.47. The maximum absolute atomic E-state index is 13.4. The third-order valence-electron chi connectivity index (χ3n) is 7.07. The third kappa shape index (κ3) is 5.65. The minimum Gasteiger partial charge on any atom is -0.341 e. The van der Waals surface area contributed by atoms with E-state index in [1.165, 1.54) is 0 Å². The van der Waals surface area contributed by atoms with Gasteiger partial charge in [-0.1, -0.05) is 63.8 Å². The first kappa shape index (κ1) is 24.8. The minimum absolute atomic E-state index is 0.0674. The van der Waals surface area contributed by atoms with Crippen LogP contribution in [0.5, 0.6) is 0 Å². The number of amides is 2. The normalized spacial score (nSPS) is 20.3. The third-order valence-corrected chi connectivity index (χ3v) is 7.32. The molecule has 7 heteroatoms. The fourth-order valence-electron chi connectivity index (χ4n) is 5.33. The number of unbranched alkanes of at least 4 members (excludes halogenated alkanes) is 2. The van der Waals surface area contributed by atoms with Gasteiger partial charge in [0.25, 0.3) is 5.91 Å². The van der Waals surface area contributed by atoms with E-state index in [2.05, 4.69) is 20.8 Å². The molecule has 2 amide bonds. The lowest BCUT2D eigenvalue weighted by atomic mass is 9.97. The second kappa shape index (κ2) is 10.9. The molecule has 0 N–H and O–H groups in total. The molecule has 3 heterocycles. The molecule has 2 aliphatic heterocycles. The number of rotatable bonds is 9. The molecular weight excluding hydrogens is 448 g/mol. The summed E-state index contributed by atoms with van der Waals surface area (Å²) in [6.45, 7) is 8.96. The highest BCUT2D eigenvalue weighted by molar-refractivity contribution is 6.30. The van der Waals surface area contributed by atoms with Gasteiger partial charge in [0, 0.05) is 30.2 Å². The van der Waals surface area contributed by atoms with Gasteiger partial charge in [0.1, 0.15) is 12.2 Å². The molecule has 2 aliphatic rings. The molecule has 2 atom stereocenters. The van der Waals surface area contributed by atoms with Gasteiger partial charge in [-0.05, 0) is 49.3 Å². The molecule has 184 valence electrons. The molecule has 2 unspecified atom stereocenters. The van der Waals surface area contributed by atoms with Crippen molar-refractivity contribution in [3.63, 3.8) is 0 Å². The molecule has 0 spiro atoms. The van der Waals surface area contributed by atoms with Gasteiger partial charge >= 0.3 is 0 Å². The fourth-order valence-corrected chi connectivity index (χ4v) is 5.46. The van der Waals surface area contributed by atoms with Crippen molar-refractivity contribution in [3.8, 4) is 11.3 Å². The number of carbonyl (C=O) groups excluding carboxylic acids is 2. The smallest absolute Gasteiger partial charge is 0.272 e. The summed E-state index contributed by atoms with van der Waals surface area (Å²) in [7, 11) is 0. The summed E-state index contributed by atoms with van der Waals surface area (Å²) in [5, 5.41) is 5.49. The van der Waals surface area contributed by atoms with Crippen LogP contribution in [0.4, 0.5) is 0 Å². The van der Waals surface area contributed by atoms with Crippen molar-refractivity contribution in [1.29, 1.82) is 0 Å². The first-order chi connectivity index (χ1) is 16.4. The van der Waals surface area contributed by atoms with E-state index in [1.54, 1.807) is 4.90 Å². The molecular formula is C27H37ClN4O2. The topological polar surface area (TPSA) is 58.4 Å². The average Bonchev–Trinajstić information content (AvgIpc) is 3.45. The van der Waals surface area contributed by atoms with Crippen LogP contribution in [0.25, 0.3) is 11.3 Å². The zero-order chi connectivity index (χ0) is 24.2. The molecule has 0 bridgehead atoms. The van der Waals surface area contributed by atoms with Crippen LogP contribution in [0, 0.1) is 11.8 Å². The summed E-state index contributed by atoms with van der Waals surface area (Å²) < 4.78 is 1.90. The minimum atomic E-state index is -0.106. The lowest BCUT2D eigenvalue weighted by molar-refractivity contribution is -0.131. The highest BCUT2D eigenvalue weighted by Crippen LogP contribution is 2.30. The highest BCUT2D eigenvalue weighted by Gasteiger charge is 2.35. The molecule has 34 heavy (non-hydrogen) atoms. The van der Waals surface area contributed by atoms with Crippen molar-refractivity contribution >= 4 is 23.4 Å². The molecule has 1 fully saturated rings. The number of benzene rings is 1. The van der Waals surface area contributed by atoms with Gasteiger partial charge in [-0.15, -0.1) is 0 Å². The van der Waals surface area contributed by atoms with E-state index in [0.29, 0.717) is 29.1 Å². The quantitative estimate of drug-likeness (QED) is 0.430. The van der Waals surface area contributed by atoms with Crippen molar-refractivity contribution in [2.75, 3.05) is 26.2 Å². The predicted octanol–water partition coefficient (Wildman–Crippen LogP) is 5.68. The van der Waals surface area contributed by atoms with Gasteiger partial charge in [0.05, 0.1) is 11.7 Å². The molecule has 6 nitrogen and oxygen atoms in total. The predicted molar refractivity (Wildman–Crippen MR) is 136 cm³/mol. The molecule has 1 aromatic heterocycles. The lowest BCUT2D eigenvalue weighted by Crippen LogP contribution is -2.48. The number of hydrogen-bond acceptors (Lipinski definition) is 3. The molecule has 4 rings (SSSR count). The van der Waals surface area contributed by atoms with Gasteiger partial charge in [0.15, 0.2) is 0 Å². The number of nitrogens with zero attached hydrogens (tertiary/aromatic N) is 4. The Morgan fingerprint density at radius 3 is 2.65 bits per heavy atom. The summed E-state index contributed by atoms with van der Waals surface area (Å²) >= 11 is 6.05. The van der Waals surface area contributed by atoms with Gasteiger partial charge < -0.3 is 9.80 Å². The maximum atomic E-state index is 13.4. The number of likely N-dealkylation sites (tertiary alicyclic amines) is 1. The van der Waals surface area contributed by atoms with Crippen molar-refractivity contribution in [2.24, 2.45) is 11.8 Å². The van der Waals surface area contributed by atoms with Gasteiger partial charge in [-0.25, -0.2) is 0 Å². The molecule has 0 aliphatic carbocycles. The first-order valence-corrected chi connectivity index (χ1v) is 13.2. The zero-order valence-electron chi connectivity index (χ0n) is 20.7. The van der Waals surface area contributed by atoms with Crippen LogP contribution in [0.2, 0.25) is 5.02 Å². The number of carbonyl (C=O) groups is 2. The average molecular weight is 485 g/mol. The van der Waals surface area contributed by atoms with E-state index in [-0.39, 0.29) is 24.4 Å². The zero-order valence-corrected chi connectivity index (χ0v) is 21.4. The van der Waals surface area contributed by atoms with Gasteiger partial charge in [0.2, 0.25) is 5.91 Å². The van der Waals surface area contributed by atoms with E-state index in [9.17, 15) is 9.59 Å². The fraction of sp³-hybridized carbons (Fsp3) is 0.593. The van der Waals surface area contributed by atoms with Crippen LogP contribution in [-0.2, 0) is 4.79 Å². The highest BCUT2D eigenvalue weighted by atomic mass is 35.5. The van der Waals surface area contributed by atoms with Crippen LogP contribution in [0.3, 0.4) is 0 Å². The summed E-state index contributed by atoms with van der Waals surface area (Å²) in [5.74, 6) is 1.18. The summed E-state index contributed by atoms with van der Waals surface area (Å²) in [4.78, 5) is 30.3. The molecule has 0 radical (unpaired) electrons. The monoisotopic (exact) mass is 484 g/mol. The second-order valence-electron chi connectivity index (χ2n) is 10.3. The van der Waals surface area contributed by atoms with Crippen molar-refractivity contribution in [1.82, 2.24) is 19.6 Å². The summed E-state index contributed by atoms with van der Waals surface area (Å²) in [5.41, 5.74) is 2.27.